The lowest BCUT2D eigenvalue weighted by Crippen LogP contribution is -2.15. The Bertz CT molecular complexity index is 1180. The number of anilines is 2. The van der Waals surface area contributed by atoms with E-state index in [2.05, 4.69) is 35.9 Å². The van der Waals surface area contributed by atoms with Crippen molar-refractivity contribution in [3.8, 4) is 22.9 Å². The molecule has 0 aliphatic rings. The molecule has 1 aromatic carbocycles. The van der Waals surface area contributed by atoms with E-state index in [0.29, 0.717) is 17.2 Å². The summed E-state index contributed by atoms with van der Waals surface area (Å²) in [5.74, 6) is 0.855. The van der Waals surface area contributed by atoms with Gasteiger partial charge in [-0.3, -0.25) is 0 Å². The normalized spacial score (nSPS) is 11.4. The molecule has 0 unspecified atom stereocenters. The van der Waals surface area contributed by atoms with Crippen LogP contribution in [0.15, 0.2) is 59.8 Å². The zero-order valence-electron chi connectivity index (χ0n) is 16.0. The molecule has 0 fully saturated rings. The summed E-state index contributed by atoms with van der Waals surface area (Å²) >= 11 is 0.136. The van der Waals surface area contributed by atoms with E-state index in [1.165, 1.54) is 42.7 Å². The Balaban J connectivity index is 1.61. The number of nitrogens with zero attached hydrogens (tertiary/aromatic N) is 5. The van der Waals surface area contributed by atoms with E-state index in [0.717, 1.165) is 0 Å². The maximum atomic E-state index is 13.6. The van der Waals surface area contributed by atoms with Gasteiger partial charge >= 0.3 is 5.25 Å². The topological polar surface area (TPSA) is 122 Å². The van der Waals surface area contributed by atoms with E-state index in [1.807, 2.05) is 0 Å². The number of hydrogen-bond donors (Lipinski definition) is 3. The van der Waals surface area contributed by atoms with Crippen LogP contribution in [0.3, 0.4) is 0 Å². The molecule has 3 heterocycles. The number of alkyl halides is 2. The van der Waals surface area contributed by atoms with Crippen molar-refractivity contribution in [2.75, 3.05) is 11.9 Å². The maximum Gasteiger partial charge on any atom is 0.320 e. The molecule has 3 N–H and O–H groups in total. The minimum Gasteiger partial charge on any atom is -0.453 e. The fourth-order valence-electron chi connectivity index (χ4n) is 2.49. The van der Waals surface area contributed by atoms with Gasteiger partial charge in [0.2, 0.25) is 5.82 Å². The first-order chi connectivity index (χ1) is 15.4. The molecule has 4 rings (SSSR count). The zero-order valence-corrected chi connectivity index (χ0v) is 16.9. The summed E-state index contributed by atoms with van der Waals surface area (Å²) in [6, 6.07) is 9.85. The molecule has 164 valence electrons. The second-order valence-electron chi connectivity index (χ2n) is 6.26. The van der Waals surface area contributed by atoms with Crippen LogP contribution in [0, 0.1) is 5.82 Å². The molecule has 0 radical (unpaired) electrons. The second kappa shape index (κ2) is 9.20. The fourth-order valence-corrected chi connectivity index (χ4v) is 3.17. The Morgan fingerprint density at radius 1 is 1.09 bits per heavy atom. The summed E-state index contributed by atoms with van der Waals surface area (Å²) in [6.07, 6.45) is 2.72. The summed E-state index contributed by atoms with van der Waals surface area (Å²) in [5.41, 5.74) is 0.623. The number of halogens is 3. The molecule has 9 nitrogen and oxygen atoms in total. The van der Waals surface area contributed by atoms with E-state index >= 15 is 0 Å². The van der Waals surface area contributed by atoms with Crippen molar-refractivity contribution in [1.29, 1.82) is 0 Å². The molecule has 0 bridgehead atoms. The van der Waals surface area contributed by atoms with Gasteiger partial charge in [0.15, 0.2) is 11.6 Å². The lowest BCUT2D eigenvalue weighted by atomic mass is 10.2. The summed E-state index contributed by atoms with van der Waals surface area (Å²) in [7, 11) is 0. The van der Waals surface area contributed by atoms with Crippen molar-refractivity contribution in [3.05, 3.63) is 60.7 Å². The molecular weight excluding hydrogens is 447 g/mol. The molecule has 0 aliphatic carbocycles. The molecule has 0 saturated carbocycles. The van der Waals surface area contributed by atoms with E-state index in [9.17, 15) is 13.2 Å². The minimum atomic E-state index is -3.39. The van der Waals surface area contributed by atoms with Crippen molar-refractivity contribution in [1.82, 2.24) is 30.6 Å². The Labute approximate surface area is 183 Å². The van der Waals surface area contributed by atoms with Crippen molar-refractivity contribution >= 4 is 23.4 Å². The Kier molecular flexibility index (Phi) is 6.18. The van der Waals surface area contributed by atoms with E-state index in [1.54, 1.807) is 12.1 Å². The van der Waals surface area contributed by atoms with Gasteiger partial charge in [-0.15, -0.1) is 10.2 Å². The van der Waals surface area contributed by atoms with Gasteiger partial charge in [0.25, 0.3) is 0 Å². The number of aromatic nitrogens is 6. The highest BCUT2D eigenvalue weighted by Crippen LogP contribution is 2.39. The van der Waals surface area contributed by atoms with Crippen molar-refractivity contribution in [2.24, 2.45) is 0 Å². The van der Waals surface area contributed by atoms with Gasteiger partial charge < -0.3 is 15.2 Å². The number of hydrogen-bond acceptors (Lipinski definition) is 9. The fraction of sp³-hybridized carbons (Fsp3) is 0.105. The average molecular weight is 461 g/mol. The molecule has 32 heavy (non-hydrogen) atoms. The second-order valence-corrected chi connectivity index (χ2v) is 7.54. The molecule has 0 atom stereocenters. The molecule has 0 amide bonds. The van der Waals surface area contributed by atoms with Crippen molar-refractivity contribution < 1.29 is 23.0 Å². The largest absolute Gasteiger partial charge is 0.453 e. The van der Waals surface area contributed by atoms with Gasteiger partial charge in [-0.1, -0.05) is 0 Å². The molecule has 4 aromatic rings. The van der Waals surface area contributed by atoms with Gasteiger partial charge in [-0.25, -0.2) is 14.4 Å². The van der Waals surface area contributed by atoms with Gasteiger partial charge in [0.05, 0.1) is 0 Å². The third kappa shape index (κ3) is 5.31. The van der Waals surface area contributed by atoms with Crippen LogP contribution in [0.5, 0.6) is 11.5 Å². The number of tetrazole rings is 1. The smallest absolute Gasteiger partial charge is 0.320 e. The molecular formula is C19H14F3N7O2S. The predicted molar refractivity (Wildman–Crippen MR) is 109 cm³/mol. The molecule has 0 aliphatic heterocycles. The number of ether oxygens (including phenoxy) is 1. The standard InChI is InChI=1S/C19H14F3N7O2S/c20-12-2-4-13(5-3-12)31-15-7-14(32-19(21,22)10-30)9-24-18(15)25-16-6-1-11(8-23-16)17-26-28-29-27-17/h1-9,30H,10H2,(H,23,24,25)(H,26,27,28,29). The number of thioether (sulfide) groups is 1. The highest BCUT2D eigenvalue weighted by atomic mass is 32.2. The lowest BCUT2D eigenvalue weighted by molar-refractivity contribution is 0.0362. The number of aliphatic hydroxyl groups excluding tert-OH is 1. The maximum absolute atomic E-state index is 13.6. The Morgan fingerprint density at radius 2 is 1.91 bits per heavy atom. The molecule has 0 saturated heterocycles. The number of aromatic amines is 1. The van der Waals surface area contributed by atoms with Gasteiger partial charge in [-0.2, -0.15) is 14.0 Å². The molecule has 13 heteroatoms. The minimum absolute atomic E-state index is 0.0622. The van der Waals surface area contributed by atoms with Crippen LogP contribution < -0.4 is 10.1 Å². The summed E-state index contributed by atoms with van der Waals surface area (Å²) in [4.78, 5) is 8.46. The lowest BCUT2D eigenvalue weighted by Gasteiger charge is -2.16. The van der Waals surface area contributed by atoms with Crippen LogP contribution in [-0.2, 0) is 0 Å². The third-order valence-corrected chi connectivity index (χ3v) is 4.82. The Hall–Kier alpha value is -3.71. The SMILES string of the molecule is OCC(F)(F)Sc1cnc(Nc2ccc(-c3nn[nH]n3)cn2)c(Oc2ccc(F)cc2)c1. The Morgan fingerprint density at radius 3 is 2.56 bits per heavy atom. The summed E-state index contributed by atoms with van der Waals surface area (Å²) in [6.45, 7) is -1.33. The van der Waals surface area contributed by atoms with Crippen LogP contribution in [0.2, 0.25) is 0 Å². The number of nitrogens with one attached hydrogen (secondary N) is 2. The van der Waals surface area contributed by atoms with Crippen LogP contribution in [0.1, 0.15) is 0 Å². The summed E-state index contributed by atoms with van der Waals surface area (Å²) in [5, 5.41) is 22.0. The highest BCUT2D eigenvalue weighted by molar-refractivity contribution is 8.00. The highest BCUT2D eigenvalue weighted by Gasteiger charge is 2.30. The number of rotatable bonds is 8. The molecule has 3 aromatic heterocycles. The first-order valence-electron chi connectivity index (χ1n) is 9.00. The van der Waals surface area contributed by atoms with Crippen LogP contribution in [0.25, 0.3) is 11.4 Å². The van der Waals surface area contributed by atoms with Crippen molar-refractivity contribution in [3.63, 3.8) is 0 Å². The third-order valence-electron chi connectivity index (χ3n) is 3.93. The first-order valence-corrected chi connectivity index (χ1v) is 9.81. The number of pyridine rings is 2. The average Bonchev–Trinajstić information content (AvgIpc) is 3.32. The monoisotopic (exact) mass is 461 g/mol. The van der Waals surface area contributed by atoms with Crippen molar-refractivity contribution in [2.45, 2.75) is 10.2 Å². The number of benzene rings is 1. The van der Waals surface area contributed by atoms with E-state index in [4.69, 9.17) is 9.84 Å². The van der Waals surface area contributed by atoms with Gasteiger partial charge in [-0.05, 0) is 59.4 Å². The van der Waals surface area contributed by atoms with Gasteiger partial charge in [0.1, 0.15) is 24.0 Å². The van der Waals surface area contributed by atoms with E-state index in [-0.39, 0.29) is 34.0 Å². The van der Waals surface area contributed by atoms with Crippen LogP contribution in [0.4, 0.5) is 24.8 Å². The van der Waals surface area contributed by atoms with Crippen LogP contribution >= 0.6 is 11.8 Å². The number of H-pyrrole nitrogens is 1. The van der Waals surface area contributed by atoms with Crippen LogP contribution in [-0.4, -0.2) is 47.6 Å². The quantitative estimate of drug-likeness (QED) is 0.334. The first kappa shape index (κ1) is 21.5. The molecule has 0 spiro atoms. The van der Waals surface area contributed by atoms with Gasteiger partial charge in [0, 0.05) is 22.9 Å². The summed E-state index contributed by atoms with van der Waals surface area (Å²) < 4.78 is 46.1. The number of aliphatic hydroxyl groups is 1. The predicted octanol–water partition coefficient (Wildman–Crippen LogP) is 4.01. The van der Waals surface area contributed by atoms with E-state index < -0.39 is 17.7 Å². The zero-order chi connectivity index (χ0) is 22.6.